The molecule has 0 saturated carbocycles. The lowest BCUT2D eigenvalue weighted by Gasteiger charge is -2.16. The van der Waals surface area contributed by atoms with E-state index < -0.39 is 0 Å². The zero-order valence-electron chi connectivity index (χ0n) is 14.8. The Labute approximate surface area is 169 Å². The number of aryl methyl sites for hydroxylation is 1. The summed E-state index contributed by atoms with van der Waals surface area (Å²) in [4.78, 5) is 24.6. The van der Waals surface area contributed by atoms with E-state index in [2.05, 4.69) is 22.5 Å². The lowest BCUT2D eigenvalue weighted by Crippen LogP contribution is -2.28. The van der Waals surface area contributed by atoms with Gasteiger partial charge in [-0.25, -0.2) is 9.97 Å². The fraction of sp³-hybridized carbons (Fsp3) is 0.211. The Hall–Kier alpha value is -2.22. The third-order valence-corrected chi connectivity index (χ3v) is 6.53. The van der Waals surface area contributed by atoms with Gasteiger partial charge in [-0.15, -0.1) is 22.7 Å². The number of thiophene rings is 1. The maximum absolute atomic E-state index is 12.8. The molecule has 0 atom stereocenters. The van der Waals surface area contributed by atoms with Gasteiger partial charge in [0.25, 0.3) is 5.91 Å². The van der Waals surface area contributed by atoms with Gasteiger partial charge in [0.2, 0.25) is 0 Å². The Morgan fingerprint density at radius 3 is 2.78 bits per heavy atom. The summed E-state index contributed by atoms with van der Waals surface area (Å²) in [7, 11) is 1.78. The number of carbonyl (C=O) groups is 1. The lowest BCUT2D eigenvalue weighted by molar-refractivity contribution is 0.0775. The molecule has 138 valence electrons. The number of nitrogens with zero attached hydrogens (tertiary/aromatic N) is 4. The third kappa shape index (κ3) is 3.50. The van der Waals surface area contributed by atoms with Gasteiger partial charge < -0.3 is 9.47 Å². The van der Waals surface area contributed by atoms with E-state index in [0.717, 1.165) is 33.3 Å². The van der Waals surface area contributed by atoms with Crippen molar-refractivity contribution in [2.75, 3.05) is 7.05 Å². The number of hydrogen-bond donors (Lipinski definition) is 0. The molecule has 0 aliphatic heterocycles. The topological polar surface area (TPSA) is 51.0 Å². The van der Waals surface area contributed by atoms with Gasteiger partial charge in [0.1, 0.15) is 16.5 Å². The number of thiazole rings is 1. The number of amides is 1. The van der Waals surface area contributed by atoms with Crippen LogP contribution >= 0.6 is 34.3 Å². The second kappa shape index (κ2) is 7.42. The van der Waals surface area contributed by atoms with Gasteiger partial charge in [0.05, 0.1) is 26.8 Å². The van der Waals surface area contributed by atoms with Crippen molar-refractivity contribution in [2.45, 2.75) is 20.0 Å². The summed E-state index contributed by atoms with van der Waals surface area (Å²) in [6.45, 7) is 3.31. The molecule has 3 aromatic heterocycles. The maximum Gasteiger partial charge on any atom is 0.273 e. The number of para-hydroxylation sites is 2. The summed E-state index contributed by atoms with van der Waals surface area (Å²) in [6.07, 6.45) is 0. The Morgan fingerprint density at radius 2 is 2.04 bits per heavy atom. The van der Waals surface area contributed by atoms with Crippen LogP contribution in [-0.4, -0.2) is 32.4 Å². The number of halogens is 1. The average Bonchev–Trinajstić information content (AvgIpc) is 3.38. The van der Waals surface area contributed by atoms with Crippen molar-refractivity contribution in [2.24, 2.45) is 0 Å². The molecule has 1 amide bonds. The predicted molar refractivity (Wildman–Crippen MR) is 112 cm³/mol. The van der Waals surface area contributed by atoms with Crippen molar-refractivity contribution in [3.05, 3.63) is 57.6 Å². The van der Waals surface area contributed by atoms with Crippen molar-refractivity contribution in [3.63, 3.8) is 0 Å². The molecule has 0 unspecified atom stereocenters. The minimum Gasteiger partial charge on any atom is -0.333 e. The van der Waals surface area contributed by atoms with Crippen molar-refractivity contribution in [1.82, 2.24) is 19.4 Å². The zero-order valence-corrected chi connectivity index (χ0v) is 17.2. The summed E-state index contributed by atoms with van der Waals surface area (Å²) in [5.41, 5.74) is 2.48. The van der Waals surface area contributed by atoms with Crippen LogP contribution in [0, 0.1) is 0 Å². The van der Waals surface area contributed by atoms with E-state index in [1.807, 2.05) is 30.3 Å². The molecular formula is C19H17ClN4OS2. The highest BCUT2D eigenvalue weighted by molar-refractivity contribution is 7.23. The first-order chi connectivity index (χ1) is 13.1. The van der Waals surface area contributed by atoms with Gasteiger partial charge in [0.15, 0.2) is 0 Å². The molecule has 4 rings (SSSR count). The Balaban J connectivity index is 1.56. The molecule has 0 aliphatic carbocycles. The van der Waals surface area contributed by atoms with Gasteiger partial charge in [-0.1, -0.05) is 23.7 Å². The van der Waals surface area contributed by atoms with Crippen LogP contribution in [0.4, 0.5) is 0 Å². The number of imidazole rings is 1. The second-order valence-corrected chi connectivity index (χ2v) is 8.64. The highest BCUT2D eigenvalue weighted by Crippen LogP contribution is 2.33. The molecule has 0 aliphatic rings. The Kier molecular flexibility index (Phi) is 4.99. The average molecular weight is 417 g/mol. The van der Waals surface area contributed by atoms with E-state index in [9.17, 15) is 4.79 Å². The highest BCUT2D eigenvalue weighted by atomic mass is 35.5. The molecule has 0 saturated heterocycles. The van der Waals surface area contributed by atoms with E-state index in [0.29, 0.717) is 16.6 Å². The van der Waals surface area contributed by atoms with Crippen molar-refractivity contribution < 1.29 is 4.79 Å². The van der Waals surface area contributed by atoms with Crippen molar-refractivity contribution in [3.8, 4) is 9.88 Å². The normalized spacial score (nSPS) is 11.2. The van der Waals surface area contributed by atoms with Crippen molar-refractivity contribution >= 4 is 51.2 Å². The summed E-state index contributed by atoms with van der Waals surface area (Å²) in [5.74, 6) is 0.755. The first-order valence-electron chi connectivity index (χ1n) is 8.47. The SMILES string of the molecule is CCn1c(CN(C)C(=O)c2csc(-c3ccc(Cl)s3)n2)nc2ccccc21. The van der Waals surface area contributed by atoms with E-state index in [-0.39, 0.29) is 5.91 Å². The largest absolute Gasteiger partial charge is 0.333 e. The number of fused-ring (bicyclic) bond motifs is 1. The monoisotopic (exact) mass is 416 g/mol. The molecule has 0 bridgehead atoms. The van der Waals surface area contributed by atoms with Gasteiger partial charge in [-0.2, -0.15) is 0 Å². The van der Waals surface area contributed by atoms with Crippen LogP contribution in [0.1, 0.15) is 23.2 Å². The first kappa shape index (κ1) is 18.2. The molecule has 4 aromatic rings. The number of benzene rings is 1. The van der Waals surface area contributed by atoms with Crippen LogP contribution in [0.15, 0.2) is 41.8 Å². The van der Waals surface area contributed by atoms with Crippen LogP contribution < -0.4 is 0 Å². The van der Waals surface area contributed by atoms with E-state index in [1.54, 1.807) is 17.3 Å². The van der Waals surface area contributed by atoms with E-state index in [4.69, 9.17) is 16.6 Å². The zero-order chi connectivity index (χ0) is 19.0. The minimum absolute atomic E-state index is 0.116. The van der Waals surface area contributed by atoms with Crippen LogP contribution in [0.2, 0.25) is 4.34 Å². The van der Waals surface area contributed by atoms with Crippen LogP contribution in [-0.2, 0) is 13.1 Å². The summed E-state index contributed by atoms with van der Waals surface area (Å²) in [5, 5.41) is 2.61. The Bertz CT molecular complexity index is 1110. The Morgan fingerprint density at radius 1 is 1.22 bits per heavy atom. The number of hydrogen-bond acceptors (Lipinski definition) is 5. The van der Waals surface area contributed by atoms with Crippen LogP contribution in [0.5, 0.6) is 0 Å². The van der Waals surface area contributed by atoms with E-state index in [1.165, 1.54) is 22.7 Å². The van der Waals surface area contributed by atoms with Crippen LogP contribution in [0.25, 0.3) is 20.9 Å². The predicted octanol–water partition coefficient (Wildman–Crippen LogP) is 5.17. The number of carbonyl (C=O) groups excluding carboxylic acids is 1. The maximum atomic E-state index is 12.8. The minimum atomic E-state index is -0.116. The molecule has 27 heavy (non-hydrogen) atoms. The van der Waals surface area contributed by atoms with Gasteiger partial charge >= 0.3 is 0 Å². The molecule has 8 heteroatoms. The summed E-state index contributed by atoms with van der Waals surface area (Å²) >= 11 is 8.90. The molecule has 0 spiro atoms. The van der Waals surface area contributed by atoms with Gasteiger partial charge in [-0.3, -0.25) is 4.79 Å². The molecule has 5 nitrogen and oxygen atoms in total. The molecule has 0 radical (unpaired) electrons. The second-order valence-electron chi connectivity index (χ2n) is 6.06. The fourth-order valence-corrected chi connectivity index (χ4v) is 4.90. The molecule has 0 N–H and O–H groups in total. The third-order valence-electron chi connectivity index (χ3n) is 4.28. The molecule has 1 aromatic carbocycles. The number of aromatic nitrogens is 3. The summed E-state index contributed by atoms with van der Waals surface area (Å²) in [6, 6.07) is 11.8. The van der Waals surface area contributed by atoms with E-state index >= 15 is 0 Å². The quantitative estimate of drug-likeness (QED) is 0.451. The molecular weight excluding hydrogens is 400 g/mol. The fourth-order valence-electron chi connectivity index (χ4n) is 2.99. The highest BCUT2D eigenvalue weighted by Gasteiger charge is 2.19. The standard InChI is InChI=1S/C19H17ClN4OS2/c1-3-24-14-7-5-4-6-12(14)21-17(24)10-23(2)19(25)13-11-26-18(22-13)15-8-9-16(20)27-15/h4-9,11H,3,10H2,1-2H3. The molecule has 3 heterocycles. The lowest BCUT2D eigenvalue weighted by atomic mass is 10.3. The summed E-state index contributed by atoms with van der Waals surface area (Å²) < 4.78 is 2.85. The molecule has 0 fully saturated rings. The van der Waals surface area contributed by atoms with Gasteiger partial charge in [0, 0.05) is 19.0 Å². The smallest absolute Gasteiger partial charge is 0.273 e. The van der Waals surface area contributed by atoms with Crippen molar-refractivity contribution in [1.29, 1.82) is 0 Å². The first-order valence-corrected chi connectivity index (χ1v) is 10.5. The number of rotatable bonds is 5. The van der Waals surface area contributed by atoms with Crippen LogP contribution in [0.3, 0.4) is 0 Å². The van der Waals surface area contributed by atoms with Gasteiger partial charge in [-0.05, 0) is 31.2 Å².